The van der Waals surface area contributed by atoms with E-state index in [-0.39, 0.29) is 11.8 Å². The lowest BCUT2D eigenvalue weighted by atomic mass is 9.99. The van der Waals surface area contributed by atoms with Gasteiger partial charge in [0.25, 0.3) is 0 Å². The van der Waals surface area contributed by atoms with Crippen molar-refractivity contribution in [3.63, 3.8) is 0 Å². The Balaban J connectivity index is 1.82. The van der Waals surface area contributed by atoms with Gasteiger partial charge in [-0.25, -0.2) is 0 Å². The molecule has 1 aliphatic heterocycles. The van der Waals surface area contributed by atoms with E-state index in [9.17, 15) is 9.59 Å². The smallest absolute Gasteiger partial charge is 0.238 e. The number of para-hydroxylation sites is 1. The maximum atomic E-state index is 11.9. The summed E-state index contributed by atoms with van der Waals surface area (Å²) in [5, 5.41) is 3.34. The van der Waals surface area contributed by atoms with Gasteiger partial charge in [-0.2, -0.15) is 0 Å². The van der Waals surface area contributed by atoms with Crippen molar-refractivity contribution >= 4 is 29.5 Å². The van der Waals surface area contributed by atoms with Crippen LogP contribution in [-0.2, 0) is 9.59 Å². The lowest BCUT2D eigenvalue weighted by molar-refractivity contribution is -0.117. The third kappa shape index (κ3) is 4.04. The molecule has 1 fully saturated rings. The molecule has 0 spiro atoms. The minimum Gasteiger partial charge on any atom is -0.324 e. The van der Waals surface area contributed by atoms with Gasteiger partial charge in [-0.3, -0.25) is 9.69 Å². The van der Waals surface area contributed by atoms with Crippen molar-refractivity contribution in [2.45, 2.75) is 12.8 Å². The third-order valence-electron chi connectivity index (χ3n) is 3.34. The maximum Gasteiger partial charge on any atom is 0.238 e. The number of hydrogen-bond acceptors (Lipinski definition) is 3. The van der Waals surface area contributed by atoms with Crippen LogP contribution in [0.3, 0.4) is 0 Å². The van der Waals surface area contributed by atoms with Crippen LogP contribution in [0.4, 0.5) is 5.69 Å². The molecule has 0 aliphatic carbocycles. The summed E-state index contributed by atoms with van der Waals surface area (Å²) in [4.78, 5) is 24.6. The van der Waals surface area contributed by atoms with E-state index in [0.717, 1.165) is 32.2 Å². The van der Waals surface area contributed by atoms with Crippen LogP contribution in [0.25, 0.3) is 0 Å². The molecule has 0 saturated carbocycles. The number of hydrogen-bond donors (Lipinski definition) is 1. The summed E-state index contributed by atoms with van der Waals surface area (Å²) < 4.78 is 0. The number of likely N-dealkylation sites (tertiary alicyclic amines) is 1. The third-order valence-corrected chi connectivity index (χ3v) is 3.67. The minimum absolute atomic E-state index is 0.0716. The van der Waals surface area contributed by atoms with Crippen molar-refractivity contribution in [1.29, 1.82) is 0 Å². The van der Waals surface area contributed by atoms with E-state index in [4.69, 9.17) is 11.6 Å². The highest BCUT2D eigenvalue weighted by Crippen LogP contribution is 2.20. The maximum absolute atomic E-state index is 11.9. The molecule has 0 unspecified atom stereocenters. The van der Waals surface area contributed by atoms with Gasteiger partial charge < -0.3 is 10.1 Å². The average Bonchev–Trinajstić information content (AvgIpc) is 2.42. The fraction of sp³-hybridized carbons (Fsp3) is 0.429. The van der Waals surface area contributed by atoms with Gasteiger partial charge in [0.15, 0.2) is 0 Å². The lowest BCUT2D eigenvalue weighted by Crippen LogP contribution is -2.39. The van der Waals surface area contributed by atoms with E-state index in [2.05, 4.69) is 10.2 Å². The van der Waals surface area contributed by atoms with Gasteiger partial charge in [0.05, 0.1) is 17.3 Å². The molecule has 19 heavy (non-hydrogen) atoms. The highest BCUT2D eigenvalue weighted by molar-refractivity contribution is 6.33. The number of anilines is 1. The molecule has 1 aromatic carbocycles. The van der Waals surface area contributed by atoms with Crippen LogP contribution in [0.2, 0.25) is 5.02 Å². The van der Waals surface area contributed by atoms with Gasteiger partial charge in [0, 0.05) is 5.92 Å². The summed E-state index contributed by atoms with van der Waals surface area (Å²) in [6, 6.07) is 7.17. The van der Waals surface area contributed by atoms with Gasteiger partial charge in [-0.05, 0) is 38.1 Å². The van der Waals surface area contributed by atoms with Crippen LogP contribution < -0.4 is 5.32 Å². The van der Waals surface area contributed by atoms with Crippen molar-refractivity contribution in [3.8, 4) is 0 Å². The molecule has 1 amide bonds. The molecule has 102 valence electrons. The molecular formula is C14H17ClN2O2. The number of piperidine rings is 1. The first-order valence-corrected chi connectivity index (χ1v) is 6.79. The molecule has 1 saturated heterocycles. The highest BCUT2D eigenvalue weighted by Gasteiger charge is 2.20. The molecular weight excluding hydrogens is 264 g/mol. The minimum atomic E-state index is -0.0716. The number of nitrogens with zero attached hydrogens (tertiary/aromatic N) is 1. The quantitative estimate of drug-likeness (QED) is 0.860. The number of halogens is 1. The fourth-order valence-corrected chi connectivity index (χ4v) is 2.39. The Kier molecular flexibility index (Phi) is 4.93. The van der Waals surface area contributed by atoms with Crippen LogP contribution in [-0.4, -0.2) is 36.7 Å². The molecule has 1 N–H and O–H groups in total. The molecule has 0 aromatic heterocycles. The van der Waals surface area contributed by atoms with Gasteiger partial charge >= 0.3 is 0 Å². The van der Waals surface area contributed by atoms with Crippen LogP contribution in [0, 0.1) is 5.92 Å². The lowest BCUT2D eigenvalue weighted by Gasteiger charge is -2.28. The Labute approximate surface area is 117 Å². The molecule has 4 nitrogen and oxygen atoms in total. The fourth-order valence-electron chi connectivity index (χ4n) is 2.20. The Hall–Kier alpha value is -1.39. The second-order valence-electron chi connectivity index (χ2n) is 4.78. The van der Waals surface area contributed by atoms with Crippen LogP contribution >= 0.6 is 11.6 Å². The van der Waals surface area contributed by atoms with E-state index in [1.807, 2.05) is 12.1 Å². The second kappa shape index (κ2) is 6.68. The Bertz CT molecular complexity index is 457. The van der Waals surface area contributed by atoms with Gasteiger partial charge in [0.1, 0.15) is 6.29 Å². The van der Waals surface area contributed by atoms with E-state index < -0.39 is 0 Å². The Morgan fingerprint density at radius 1 is 1.37 bits per heavy atom. The number of amides is 1. The van der Waals surface area contributed by atoms with Crippen molar-refractivity contribution in [2.24, 2.45) is 5.92 Å². The monoisotopic (exact) mass is 280 g/mol. The normalized spacial score (nSPS) is 17.1. The molecule has 0 atom stereocenters. The molecule has 2 rings (SSSR count). The molecule has 0 bridgehead atoms. The van der Waals surface area contributed by atoms with Crippen LogP contribution in [0.1, 0.15) is 12.8 Å². The number of carbonyl (C=O) groups excluding carboxylic acids is 2. The zero-order chi connectivity index (χ0) is 13.7. The molecule has 1 heterocycles. The number of aldehydes is 1. The van der Waals surface area contributed by atoms with Crippen molar-refractivity contribution < 1.29 is 9.59 Å². The molecule has 1 aromatic rings. The summed E-state index contributed by atoms with van der Waals surface area (Å²) >= 11 is 5.98. The van der Waals surface area contributed by atoms with Crippen LogP contribution in [0.15, 0.2) is 24.3 Å². The average molecular weight is 281 g/mol. The van der Waals surface area contributed by atoms with E-state index in [0.29, 0.717) is 17.3 Å². The second-order valence-corrected chi connectivity index (χ2v) is 5.18. The number of rotatable bonds is 4. The standard InChI is InChI=1S/C14H17ClN2O2/c15-12-3-1-2-4-13(12)16-14(19)9-17-7-5-11(10-18)6-8-17/h1-4,10-11H,5-9H2,(H,16,19). The van der Waals surface area contributed by atoms with Crippen molar-refractivity contribution in [3.05, 3.63) is 29.3 Å². The number of carbonyl (C=O) groups is 2. The molecule has 0 radical (unpaired) electrons. The van der Waals surface area contributed by atoms with E-state index in [1.54, 1.807) is 12.1 Å². The summed E-state index contributed by atoms with van der Waals surface area (Å²) in [6.07, 6.45) is 2.69. The van der Waals surface area contributed by atoms with E-state index in [1.165, 1.54) is 0 Å². The van der Waals surface area contributed by atoms with Gasteiger partial charge in [-0.15, -0.1) is 0 Å². The van der Waals surface area contributed by atoms with Gasteiger partial charge in [-0.1, -0.05) is 23.7 Å². The number of benzene rings is 1. The molecule has 1 aliphatic rings. The zero-order valence-electron chi connectivity index (χ0n) is 10.6. The first-order valence-electron chi connectivity index (χ1n) is 6.41. The first-order chi connectivity index (χ1) is 9.19. The predicted molar refractivity (Wildman–Crippen MR) is 75.3 cm³/mol. The zero-order valence-corrected chi connectivity index (χ0v) is 11.4. The van der Waals surface area contributed by atoms with E-state index >= 15 is 0 Å². The Morgan fingerprint density at radius 2 is 2.05 bits per heavy atom. The van der Waals surface area contributed by atoms with Crippen molar-refractivity contribution in [2.75, 3.05) is 25.0 Å². The summed E-state index contributed by atoms with van der Waals surface area (Å²) in [7, 11) is 0. The number of nitrogens with one attached hydrogen (secondary N) is 1. The highest BCUT2D eigenvalue weighted by atomic mass is 35.5. The van der Waals surface area contributed by atoms with Crippen LogP contribution in [0.5, 0.6) is 0 Å². The summed E-state index contributed by atoms with van der Waals surface area (Å²) in [5.74, 6) is 0.0838. The summed E-state index contributed by atoms with van der Waals surface area (Å²) in [6.45, 7) is 1.93. The largest absolute Gasteiger partial charge is 0.324 e. The molecule has 5 heteroatoms. The Morgan fingerprint density at radius 3 is 2.68 bits per heavy atom. The van der Waals surface area contributed by atoms with Gasteiger partial charge in [0.2, 0.25) is 5.91 Å². The summed E-state index contributed by atoms with van der Waals surface area (Å²) in [5.41, 5.74) is 0.636. The predicted octanol–water partition coefficient (Wildman–Crippen LogP) is 2.19. The van der Waals surface area contributed by atoms with Crippen molar-refractivity contribution in [1.82, 2.24) is 4.90 Å². The topological polar surface area (TPSA) is 49.4 Å². The first kappa shape index (κ1) is 14.0. The SMILES string of the molecule is O=CC1CCN(CC(=O)Nc2ccccc2Cl)CC1.